The Morgan fingerprint density at radius 1 is 1.06 bits per heavy atom. The number of fused-ring (bicyclic) bond motifs is 1. The fourth-order valence-corrected chi connectivity index (χ4v) is 4.55. The lowest BCUT2D eigenvalue weighted by Crippen LogP contribution is -2.30. The maximum Gasteiger partial charge on any atom is 0.321 e. The van der Waals surface area contributed by atoms with E-state index in [9.17, 15) is 9.59 Å². The van der Waals surface area contributed by atoms with Gasteiger partial charge >= 0.3 is 6.03 Å². The molecule has 1 aromatic heterocycles. The first-order chi connectivity index (χ1) is 16.4. The molecular weight excluding hydrogens is 472 g/mol. The van der Waals surface area contributed by atoms with Crippen LogP contribution in [0, 0.1) is 6.92 Å². The summed E-state index contributed by atoms with van der Waals surface area (Å²) < 4.78 is 6.00. The molecule has 174 valence electrons. The van der Waals surface area contributed by atoms with Gasteiger partial charge in [-0.25, -0.2) is 9.78 Å². The molecule has 9 heteroatoms. The molecule has 0 spiro atoms. The molecule has 0 aliphatic carbocycles. The van der Waals surface area contributed by atoms with E-state index in [1.54, 1.807) is 31.4 Å². The number of halogens is 1. The van der Waals surface area contributed by atoms with Crippen LogP contribution in [-0.2, 0) is 6.42 Å². The number of hydrogen-bond acceptors (Lipinski definition) is 5. The van der Waals surface area contributed by atoms with Gasteiger partial charge in [0, 0.05) is 12.1 Å². The number of benzene rings is 3. The molecule has 0 atom stereocenters. The number of amides is 3. The SMILES string of the molecule is COc1cccc(CCNC(=O)Nc2nc3ccc(C(=O)Nc4c(C)cccc4Cl)cc3s2)c1. The van der Waals surface area contributed by atoms with Crippen LogP contribution in [0.1, 0.15) is 21.5 Å². The summed E-state index contributed by atoms with van der Waals surface area (Å²) in [5, 5.41) is 9.39. The largest absolute Gasteiger partial charge is 0.497 e. The van der Waals surface area contributed by atoms with E-state index in [-0.39, 0.29) is 11.9 Å². The first kappa shape index (κ1) is 23.5. The highest BCUT2D eigenvalue weighted by atomic mass is 35.5. The third-order valence-corrected chi connectivity index (χ3v) is 6.41. The van der Waals surface area contributed by atoms with Crippen molar-refractivity contribution in [2.45, 2.75) is 13.3 Å². The molecule has 0 aliphatic rings. The van der Waals surface area contributed by atoms with Gasteiger partial charge in [-0.3, -0.25) is 10.1 Å². The van der Waals surface area contributed by atoms with Crippen molar-refractivity contribution < 1.29 is 14.3 Å². The molecule has 7 nitrogen and oxygen atoms in total. The van der Waals surface area contributed by atoms with Crippen molar-refractivity contribution >= 4 is 55.9 Å². The maximum atomic E-state index is 12.7. The summed E-state index contributed by atoms with van der Waals surface area (Å²) in [6, 6.07) is 18.0. The normalized spacial score (nSPS) is 10.7. The van der Waals surface area contributed by atoms with Gasteiger partial charge in [0.15, 0.2) is 5.13 Å². The summed E-state index contributed by atoms with van der Waals surface area (Å²) in [6.45, 7) is 2.35. The molecule has 0 unspecified atom stereocenters. The van der Waals surface area contributed by atoms with Gasteiger partial charge in [0.1, 0.15) is 5.75 Å². The van der Waals surface area contributed by atoms with E-state index in [0.29, 0.717) is 39.9 Å². The van der Waals surface area contributed by atoms with Crippen LogP contribution in [0.5, 0.6) is 5.75 Å². The standard InChI is InChI=1S/C25H23ClN4O3S/c1-15-5-3-8-19(26)22(15)29-23(31)17-9-10-20-21(14-17)34-25(28-20)30-24(32)27-12-11-16-6-4-7-18(13-16)33-2/h3-10,13-14H,11-12H2,1-2H3,(H,29,31)(H2,27,28,30,32). The minimum Gasteiger partial charge on any atom is -0.497 e. The van der Waals surface area contributed by atoms with Gasteiger partial charge in [0.25, 0.3) is 5.91 Å². The number of carbonyl (C=O) groups excluding carboxylic acids is 2. The van der Waals surface area contributed by atoms with Gasteiger partial charge in [-0.1, -0.05) is 47.2 Å². The second-order valence-electron chi connectivity index (χ2n) is 7.57. The molecule has 0 radical (unpaired) electrons. The number of hydrogen-bond donors (Lipinski definition) is 3. The van der Waals surface area contributed by atoms with Crippen molar-refractivity contribution in [3.05, 3.63) is 82.4 Å². The highest BCUT2D eigenvalue weighted by molar-refractivity contribution is 7.22. The highest BCUT2D eigenvalue weighted by Gasteiger charge is 2.13. The summed E-state index contributed by atoms with van der Waals surface area (Å²) in [4.78, 5) is 29.5. The smallest absolute Gasteiger partial charge is 0.321 e. The summed E-state index contributed by atoms with van der Waals surface area (Å²) in [6.07, 6.45) is 0.674. The van der Waals surface area contributed by atoms with Crippen molar-refractivity contribution in [3.63, 3.8) is 0 Å². The zero-order valence-electron chi connectivity index (χ0n) is 18.6. The van der Waals surface area contributed by atoms with Crippen LogP contribution in [0.3, 0.4) is 0 Å². The molecule has 0 bridgehead atoms. The molecule has 3 amide bonds. The van der Waals surface area contributed by atoms with Crippen LogP contribution >= 0.6 is 22.9 Å². The van der Waals surface area contributed by atoms with Crippen LogP contribution in [0.2, 0.25) is 5.02 Å². The number of nitrogens with one attached hydrogen (secondary N) is 3. The summed E-state index contributed by atoms with van der Waals surface area (Å²) in [5.41, 5.74) is 3.71. The lowest BCUT2D eigenvalue weighted by atomic mass is 10.1. The molecule has 3 N–H and O–H groups in total. The van der Waals surface area contributed by atoms with E-state index in [1.165, 1.54) is 11.3 Å². The van der Waals surface area contributed by atoms with Crippen molar-refractivity contribution in [1.82, 2.24) is 10.3 Å². The number of nitrogens with zero attached hydrogens (tertiary/aromatic N) is 1. The molecule has 0 aliphatic heterocycles. The molecular formula is C25H23ClN4O3S. The molecule has 4 aromatic rings. The predicted octanol–water partition coefficient (Wildman–Crippen LogP) is 5.88. The maximum absolute atomic E-state index is 12.7. The average Bonchev–Trinajstić information content (AvgIpc) is 3.23. The Labute approximate surface area is 206 Å². The Hall–Kier alpha value is -3.62. The Balaban J connectivity index is 1.37. The number of urea groups is 1. The van der Waals surface area contributed by atoms with Crippen LogP contribution in [-0.4, -0.2) is 30.6 Å². The lowest BCUT2D eigenvalue weighted by molar-refractivity contribution is 0.102. The number of thiazole rings is 1. The van der Waals surface area contributed by atoms with Crippen LogP contribution < -0.4 is 20.7 Å². The fraction of sp³-hybridized carbons (Fsp3) is 0.160. The minimum atomic E-state index is -0.339. The van der Waals surface area contributed by atoms with Gasteiger partial charge in [-0.15, -0.1) is 0 Å². The number of aryl methyl sites for hydroxylation is 1. The molecule has 0 fully saturated rings. The van der Waals surface area contributed by atoms with Crippen LogP contribution in [0.15, 0.2) is 60.7 Å². The molecule has 34 heavy (non-hydrogen) atoms. The van der Waals surface area contributed by atoms with Crippen molar-refractivity contribution in [2.75, 3.05) is 24.3 Å². The number of ether oxygens (including phenoxy) is 1. The molecule has 1 heterocycles. The van der Waals surface area contributed by atoms with E-state index in [0.717, 1.165) is 21.6 Å². The van der Waals surface area contributed by atoms with Gasteiger partial charge in [-0.05, 0) is 60.9 Å². The quantitative estimate of drug-likeness (QED) is 0.299. The predicted molar refractivity (Wildman–Crippen MR) is 137 cm³/mol. The number of aromatic nitrogens is 1. The topological polar surface area (TPSA) is 92.3 Å². The second-order valence-corrected chi connectivity index (χ2v) is 9.01. The molecule has 3 aromatic carbocycles. The average molecular weight is 495 g/mol. The lowest BCUT2D eigenvalue weighted by Gasteiger charge is -2.10. The van der Waals surface area contributed by atoms with Gasteiger partial charge in [0.2, 0.25) is 0 Å². The van der Waals surface area contributed by atoms with Crippen LogP contribution in [0.25, 0.3) is 10.2 Å². The Morgan fingerprint density at radius 3 is 2.68 bits per heavy atom. The van der Waals surface area contributed by atoms with Crippen LogP contribution in [0.4, 0.5) is 15.6 Å². The number of carbonyl (C=O) groups is 2. The third kappa shape index (κ3) is 5.65. The Kier molecular flexibility index (Phi) is 7.30. The zero-order valence-corrected chi connectivity index (χ0v) is 20.2. The van der Waals surface area contributed by atoms with E-state index in [4.69, 9.17) is 16.3 Å². The van der Waals surface area contributed by atoms with E-state index < -0.39 is 0 Å². The van der Waals surface area contributed by atoms with Crippen molar-refractivity contribution in [3.8, 4) is 5.75 Å². The second kappa shape index (κ2) is 10.5. The zero-order chi connectivity index (χ0) is 24.1. The number of anilines is 2. The molecule has 4 rings (SSSR count). The molecule has 0 saturated heterocycles. The van der Waals surface area contributed by atoms with Crippen molar-refractivity contribution in [1.29, 1.82) is 0 Å². The summed E-state index contributed by atoms with van der Waals surface area (Å²) in [7, 11) is 1.62. The number of para-hydroxylation sites is 1. The summed E-state index contributed by atoms with van der Waals surface area (Å²) in [5.74, 6) is 0.516. The number of rotatable bonds is 7. The van der Waals surface area contributed by atoms with Crippen molar-refractivity contribution in [2.24, 2.45) is 0 Å². The fourth-order valence-electron chi connectivity index (χ4n) is 3.38. The minimum absolute atomic E-state index is 0.267. The Bertz CT molecular complexity index is 1340. The monoisotopic (exact) mass is 494 g/mol. The van der Waals surface area contributed by atoms with E-state index in [2.05, 4.69) is 20.9 Å². The third-order valence-electron chi connectivity index (χ3n) is 5.16. The van der Waals surface area contributed by atoms with E-state index >= 15 is 0 Å². The highest BCUT2D eigenvalue weighted by Crippen LogP contribution is 2.29. The Morgan fingerprint density at radius 2 is 1.88 bits per heavy atom. The van der Waals surface area contributed by atoms with Gasteiger partial charge < -0.3 is 15.4 Å². The van der Waals surface area contributed by atoms with Gasteiger partial charge in [-0.2, -0.15) is 0 Å². The summed E-state index contributed by atoms with van der Waals surface area (Å²) >= 11 is 7.52. The van der Waals surface area contributed by atoms with E-state index in [1.807, 2.05) is 43.3 Å². The first-order valence-corrected chi connectivity index (χ1v) is 11.8. The molecule has 0 saturated carbocycles. The number of methoxy groups -OCH3 is 1. The van der Waals surface area contributed by atoms with Gasteiger partial charge in [0.05, 0.1) is 28.0 Å². The first-order valence-electron chi connectivity index (χ1n) is 10.6.